The number of pyridine rings is 1. The van der Waals surface area contributed by atoms with Gasteiger partial charge in [-0.15, -0.1) is 0 Å². The Labute approximate surface area is 111 Å². The van der Waals surface area contributed by atoms with E-state index < -0.39 is 0 Å². The summed E-state index contributed by atoms with van der Waals surface area (Å²) >= 11 is 1.62. The van der Waals surface area contributed by atoms with Gasteiger partial charge in [0.15, 0.2) is 0 Å². The first-order valence-electron chi connectivity index (χ1n) is 6.01. The highest BCUT2D eigenvalue weighted by Crippen LogP contribution is 2.31. The minimum atomic E-state index is 0.661. The summed E-state index contributed by atoms with van der Waals surface area (Å²) in [5.74, 6) is 0. The van der Waals surface area contributed by atoms with Gasteiger partial charge in [-0.1, -0.05) is 17.8 Å². The van der Waals surface area contributed by atoms with Gasteiger partial charge in [-0.2, -0.15) is 5.26 Å². The van der Waals surface area contributed by atoms with E-state index in [1.807, 2.05) is 6.07 Å². The molecule has 1 aromatic heterocycles. The second-order valence-electron chi connectivity index (χ2n) is 4.38. The molecule has 0 atom stereocenters. The van der Waals surface area contributed by atoms with Crippen molar-refractivity contribution in [3.05, 3.63) is 53.2 Å². The summed E-state index contributed by atoms with van der Waals surface area (Å²) in [5.41, 5.74) is 3.61. The summed E-state index contributed by atoms with van der Waals surface area (Å²) in [6.45, 7) is 0. The topological polar surface area (TPSA) is 36.7 Å². The Balaban J connectivity index is 1.86. The Morgan fingerprint density at radius 2 is 2.00 bits per heavy atom. The van der Waals surface area contributed by atoms with Crippen molar-refractivity contribution >= 4 is 11.8 Å². The maximum absolute atomic E-state index is 8.87. The number of nitriles is 1. The predicted molar refractivity (Wildman–Crippen MR) is 71.5 cm³/mol. The van der Waals surface area contributed by atoms with Gasteiger partial charge in [0.1, 0.15) is 5.03 Å². The molecule has 0 saturated carbocycles. The standard InChI is InChI=1S/C15H12N2S/c16-10-11-6-7-17-15(8-11)18-14-5-4-12-2-1-3-13(12)9-14/h4-9H,1-3H2. The highest BCUT2D eigenvalue weighted by Gasteiger charge is 2.11. The molecule has 88 valence electrons. The van der Waals surface area contributed by atoms with Gasteiger partial charge in [0.2, 0.25) is 0 Å². The van der Waals surface area contributed by atoms with Gasteiger partial charge in [0.25, 0.3) is 0 Å². The molecule has 3 heteroatoms. The fourth-order valence-corrected chi connectivity index (χ4v) is 3.15. The smallest absolute Gasteiger partial charge is 0.102 e. The Bertz CT molecular complexity index is 629. The molecule has 0 aliphatic heterocycles. The van der Waals surface area contributed by atoms with E-state index >= 15 is 0 Å². The van der Waals surface area contributed by atoms with E-state index in [1.165, 1.54) is 35.3 Å². The van der Waals surface area contributed by atoms with Gasteiger partial charge in [0, 0.05) is 11.1 Å². The molecule has 0 spiro atoms. The maximum Gasteiger partial charge on any atom is 0.102 e. The van der Waals surface area contributed by atoms with Crippen LogP contribution in [-0.4, -0.2) is 4.98 Å². The first-order valence-corrected chi connectivity index (χ1v) is 6.82. The number of aryl methyl sites for hydroxylation is 2. The minimum Gasteiger partial charge on any atom is -0.250 e. The fraction of sp³-hybridized carbons (Fsp3) is 0.200. The average Bonchev–Trinajstić information content (AvgIpc) is 2.86. The lowest BCUT2D eigenvalue weighted by atomic mass is 10.1. The van der Waals surface area contributed by atoms with Crippen LogP contribution >= 0.6 is 11.8 Å². The molecule has 0 radical (unpaired) electrons. The van der Waals surface area contributed by atoms with Gasteiger partial charge >= 0.3 is 0 Å². The summed E-state index contributed by atoms with van der Waals surface area (Å²) in [6, 6.07) is 12.3. The van der Waals surface area contributed by atoms with Crippen LogP contribution in [0.1, 0.15) is 23.1 Å². The molecule has 1 aliphatic rings. The lowest BCUT2D eigenvalue weighted by Crippen LogP contribution is -1.85. The van der Waals surface area contributed by atoms with Gasteiger partial charge in [0.05, 0.1) is 11.6 Å². The number of hydrogen-bond donors (Lipinski definition) is 0. The van der Waals surface area contributed by atoms with Crippen molar-refractivity contribution in [2.75, 3.05) is 0 Å². The Hall–Kier alpha value is -1.79. The van der Waals surface area contributed by atoms with Crippen LogP contribution in [0.2, 0.25) is 0 Å². The first kappa shape index (κ1) is 11.3. The van der Waals surface area contributed by atoms with Gasteiger partial charge in [-0.25, -0.2) is 4.98 Å². The van der Waals surface area contributed by atoms with E-state index in [0.717, 1.165) is 5.03 Å². The average molecular weight is 252 g/mol. The molecule has 2 nitrogen and oxygen atoms in total. The van der Waals surface area contributed by atoms with Crippen LogP contribution < -0.4 is 0 Å². The second-order valence-corrected chi connectivity index (χ2v) is 5.47. The number of benzene rings is 1. The second kappa shape index (κ2) is 4.83. The zero-order chi connectivity index (χ0) is 12.4. The minimum absolute atomic E-state index is 0.661. The molecule has 0 saturated heterocycles. The lowest BCUT2D eigenvalue weighted by molar-refractivity contribution is 0.911. The molecule has 1 aliphatic carbocycles. The third kappa shape index (κ3) is 2.25. The van der Waals surface area contributed by atoms with E-state index in [4.69, 9.17) is 5.26 Å². The van der Waals surface area contributed by atoms with Gasteiger partial charge in [-0.3, -0.25) is 0 Å². The van der Waals surface area contributed by atoms with Crippen LogP contribution in [0.25, 0.3) is 0 Å². The molecule has 0 N–H and O–H groups in total. The predicted octanol–water partition coefficient (Wildman–Crippen LogP) is 3.59. The lowest BCUT2D eigenvalue weighted by Gasteiger charge is -2.04. The third-order valence-corrected chi connectivity index (χ3v) is 4.08. The monoisotopic (exact) mass is 252 g/mol. The van der Waals surface area contributed by atoms with E-state index in [9.17, 15) is 0 Å². The molecule has 3 rings (SSSR count). The molecule has 2 aromatic rings. The van der Waals surface area contributed by atoms with Gasteiger partial charge < -0.3 is 0 Å². The summed E-state index contributed by atoms with van der Waals surface area (Å²) in [4.78, 5) is 5.49. The van der Waals surface area contributed by atoms with Crippen molar-refractivity contribution in [2.24, 2.45) is 0 Å². The molecule has 0 unspecified atom stereocenters. The van der Waals surface area contributed by atoms with E-state index in [2.05, 4.69) is 29.3 Å². The summed E-state index contributed by atoms with van der Waals surface area (Å²) < 4.78 is 0. The highest BCUT2D eigenvalue weighted by molar-refractivity contribution is 7.99. The van der Waals surface area contributed by atoms with E-state index in [-0.39, 0.29) is 0 Å². The van der Waals surface area contributed by atoms with Crippen LogP contribution in [-0.2, 0) is 12.8 Å². The van der Waals surface area contributed by atoms with E-state index in [0.29, 0.717) is 5.56 Å². The van der Waals surface area contributed by atoms with Crippen molar-refractivity contribution in [1.29, 1.82) is 5.26 Å². The number of rotatable bonds is 2. The largest absolute Gasteiger partial charge is 0.250 e. The number of hydrogen-bond acceptors (Lipinski definition) is 3. The first-order chi connectivity index (χ1) is 8.85. The summed E-state index contributed by atoms with van der Waals surface area (Å²) in [6.07, 6.45) is 5.36. The summed E-state index contributed by atoms with van der Waals surface area (Å²) in [5, 5.41) is 9.75. The van der Waals surface area contributed by atoms with Crippen molar-refractivity contribution in [1.82, 2.24) is 4.98 Å². The van der Waals surface area contributed by atoms with Crippen molar-refractivity contribution < 1.29 is 0 Å². The third-order valence-electron chi connectivity index (χ3n) is 3.16. The Morgan fingerprint density at radius 1 is 1.11 bits per heavy atom. The van der Waals surface area contributed by atoms with E-state index in [1.54, 1.807) is 24.0 Å². The van der Waals surface area contributed by atoms with Crippen molar-refractivity contribution in [3.8, 4) is 6.07 Å². The molecular weight excluding hydrogens is 240 g/mol. The normalized spacial score (nSPS) is 13.1. The SMILES string of the molecule is N#Cc1ccnc(Sc2ccc3c(c2)CCC3)c1. The molecule has 0 bridgehead atoms. The maximum atomic E-state index is 8.87. The quantitative estimate of drug-likeness (QED) is 0.819. The highest BCUT2D eigenvalue weighted by atomic mass is 32.2. The zero-order valence-electron chi connectivity index (χ0n) is 9.89. The van der Waals surface area contributed by atoms with Crippen molar-refractivity contribution in [2.45, 2.75) is 29.2 Å². The molecular formula is C15H12N2S. The summed E-state index contributed by atoms with van der Waals surface area (Å²) in [7, 11) is 0. The van der Waals surface area contributed by atoms with Crippen LogP contribution in [0.15, 0.2) is 46.5 Å². The molecule has 0 fully saturated rings. The number of nitrogens with zero attached hydrogens (tertiary/aromatic N) is 2. The van der Waals surface area contributed by atoms with Crippen molar-refractivity contribution in [3.63, 3.8) is 0 Å². The van der Waals surface area contributed by atoms with Crippen LogP contribution in [0.4, 0.5) is 0 Å². The fourth-order valence-electron chi connectivity index (χ4n) is 2.27. The Kier molecular flexibility index (Phi) is 3.04. The molecule has 18 heavy (non-hydrogen) atoms. The van der Waals surface area contributed by atoms with Gasteiger partial charge in [-0.05, 0) is 54.7 Å². The molecule has 1 heterocycles. The zero-order valence-corrected chi connectivity index (χ0v) is 10.7. The Morgan fingerprint density at radius 3 is 2.89 bits per heavy atom. The van der Waals surface area contributed by atoms with Crippen LogP contribution in [0.5, 0.6) is 0 Å². The van der Waals surface area contributed by atoms with Crippen LogP contribution in [0.3, 0.4) is 0 Å². The number of fused-ring (bicyclic) bond motifs is 1. The number of aromatic nitrogens is 1. The molecule has 0 amide bonds. The van der Waals surface area contributed by atoms with Crippen LogP contribution in [0, 0.1) is 11.3 Å². The molecule has 1 aromatic carbocycles.